The number of aryl methyl sites for hydroxylation is 2. The Kier molecular flexibility index (Phi) is 3.26. The highest BCUT2D eigenvalue weighted by atomic mass is 32.1. The number of nitrogens with zero attached hydrogens (tertiary/aromatic N) is 4. The summed E-state index contributed by atoms with van der Waals surface area (Å²) in [5.74, 6) is -0.0855. The fourth-order valence-corrected chi connectivity index (χ4v) is 3.69. The summed E-state index contributed by atoms with van der Waals surface area (Å²) >= 11 is 1.58. The van der Waals surface area contributed by atoms with Crippen molar-refractivity contribution in [3.8, 4) is 10.4 Å². The number of aromatic nitrogens is 3. The zero-order chi connectivity index (χ0) is 17.7. The number of amides is 1. The standard InChI is InChI=1S/C17H18N4O2S/c1-11-4-5-14(24-11)12-8-13-16(18-9-12)19(2)17(23)21(13)10-15(22)20-6-3-7-20/h4-5,8-9H,3,6-7,10H2,1-2H3/i8T. The Labute approximate surface area is 144 Å². The summed E-state index contributed by atoms with van der Waals surface area (Å²) in [6.45, 7) is 3.44. The fraction of sp³-hybridized carbons (Fsp3) is 0.353. The summed E-state index contributed by atoms with van der Waals surface area (Å²) < 4.78 is 11.4. The number of hydrogen-bond donors (Lipinski definition) is 0. The van der Waals surface area contributed by atoms with Crippen LogP contribution in [0, 0.1) is 6.92 Å². The second-order valence-corrected chi connectivity index (χ2v) is 7.33. The summed E-state index contributed by atoms with van der Waals surface area (Å²) in [4.78, 5) is 33.2. The number of pyridine rings is 1. The van der Waals surface area contributed by atoms with Gasteiger partial charge in [0.1, 0.15) is 6.54 Å². The number of fused-ring (bicyclic) bond motifs is 1. The summed E-state index contributed by atoms with van der Waals surface area (Å²) in [6, 6.07) is 4.19. The molecule has 0 atom stereocenters. The lowest BCUT2D eigenvalue weighted by Crippen LogP contribution is -2.44. The number of carbonyl (C=O) groups excluding carboxylic acids is 1. The zero-order valence-electron chi connectivity index (χ0n) is 14.6. The molecule has 124 valence electrons. The van der Waals surface area contributed by atoms with Gasteiger partial charge in [0.25, 0.3) is 0 Å². The summed E-state index contributed by atoms with van der Waals surface area (Å²) in [5, 5.41) is 0. The number of likely N-dealkylation sites (tertiary alicyclic amines) is 1. The molecule has 0 saturated carbocycles. The first kappa shape index (κ1) is 14.0. The van der Waals surface area contributed by atoms with Crippen LogP contribution in [0.25, 0.3) is 21.6 Å². The predicted octanol–water partition coefficient (Wildman–Crippen LogP) is 2.00. The third kappa shape index (κ3) is 2.36. The number of hydrogen-bond acceptors (Lipinski definition) is 4. The topological polar surface area (TPSA) is 60.1 Å². The summed E-state index contributed by atoms with van der Waals surface area (Å²) in [7, 11) is 1.62. The minimum atomic E-state index is -0.315. The van der Waals surface area contributed by atoms with Crippen LogP contribution >= 0.6 is 11.3 Å². The van der Waals surface area contributed by atoms with Gasteiger partial charge in [-0.05, 0) is 31.5 Å². The third-order valence-corrected chi connectivity index (χ3v) is 5.43. The largest absolute Gasteiger partial charge is 0.341 e. The maximum atomic E-state index is 12.6. The van der Waals surface area contributed by atoms with E-state index >= 15 is 0 Å². The molecular weight excluding hydrogens is 324 g/mol. The molecule has 4 heterocycles. The van der Waals surface area contributed by atoms with E-state index in [1.807, 2.05) is 19.1 Å². The first-order valence-corrected chi connectivity index (χ1v) is 8.68. The van der Waals surface area contributed by atoms with E-state index < -0.39 is 0 Å². The summed E-state index contributed by atoms with van der Waals surface area (Å²) in [5.41, 5.74) is 1.22. The van der Waals surface area contributed by atoms with E-state index in [2.05, 4.69) is 4.98 Å². The Hall–Kier alpha value is -2.41. The number of imidazole rings is 1. The van der Waals surface area contributed by atoms with E-state index in [1.54, 1.807) is 29.5 Å². The van der Waals surface area contributed by atoms with E-state index in [-0.39, 0.29) is 24.2 Å². The number of carbonyl (C=O) groups is 1. The van der Waals surface area contributed by atoms with Gasteiger partial charge in [-0.1, -0.05) is 0 Å². The van der Waals surface area contributed by atoms with Crippen LogP contribution in [-0.2, 0) is 18.4 Å². The Morgan fingerprint density at radius 1 is 1.42 bits per heavy atom. The molecule has 1 aliphatic rings. The van der Waals surface area contributed by atoms with Gasteiger partial charge in [-0.25, -0.2) is 9.78 Å². The van der Waals surface area contributed by atoms with Gasteiger partial charge in [0, 0.05) is 41.7 Å². The van der Waals surface area contributed by atoms with Crippen LogP contribution in [0.5, 0.6) is 0 Å². The maximum absolute atomic E-state index is 12.6. The lowest BCUT2D eigenvalue weighted by atomic mass is 10.2. The molecule has 1 aliphatic heterocycles. The summed E-state index contributed by atoms with van der Waals surface area (Å²) in [6.07, 6.45) is 2.64. The van der Waals surface area contributed by atoms with Crippen molar-refractivity contribution in [3.63, 3.8) is 0 Å². The Balaban J connectivity index is 1.88. The molecule has 1 saturated heterocycles. The Bertz CT molecular complexity index is 1050. The van der Waals surface area contributed by atoms with Crippen LogP contribution in [0.3, 0.4) is 0 Å². The average molecular weight is 344 g/mol. The molecule has 0 radical (unpaired) electrons. The SMILES string of the molecule is [3H]c1c(-c2ccc(C)s2)cnc2c1n(CC(=O)N1CCC1)c(=O)n2C. The second kappa shape index (κ2) is 5.59. The van der Waals surface area contributed by atoms with Crippen LogP contribution in [0.15, 0.2) is 29.2 Å². The van der Waals surface area contributed by atoms with Gasteiger partial charge in [-0.3, -0.25) is 13.9 Å². The van der Waals surface area contributed by atoms with Crippen molar-refractivity contribution in [3.05, 3.63) is 39.7 Å². The van der Waals surface area contributed by atoms with Gasteiger partial charge >= 0.3 is 5.69 Å². The Morgan fingerprint density at radius 3 is 2.83 bits per heavy atom. The van der Waals surface area contributed by atoms with Crippen molar-refractivity contribution in [2.24, 2.45) is 7.05 Å². The van der Waals surface area contributed by atoms with Gasteiger partial charge in [0.2, 0.25) is 5.91 Å². The van der Waals surface area contributed by atoms with Crippen molar-refractivity contribution < 1.29 is 6.17 Å². The highest BCUT2D eigenvalue weighted by molar-refractivity contribution is 7.15. The highest BCUT2D eigenvalue weighted by Crippen LogP contribution is 2.28. The first-order chi connectivity index (χ1) is 12.0. The van der Waals surface area contributed by atoms with E-state index in [1.165, 1.54) is 9.13 Å². The van der Waals surface area contributed by atoms with E-state index in [0.717, 1.165) is 29.3 Å². The van der Waals surface area contributed by atoms with Crippen molar-refractivity contribution in [1.29, 1.82) is 0 Å². The molecule has 0 bridgehead atoms. The quantitative estimate of drug-likeness (QED) is 0.730. The normalized spacial score (nSPS) is 14.8. The van der Waals surface area contributed by atoms with Crippen LogP contribution in [0.2, 0.25) is 0 Å². The van der Waals surface area contributed by atoms with E-state index in [9.17, 15) is 9.59 Å². The van der Waals surface area contributed by atoms with Crippen molar-refractivity contribution in [2.45, 2.75) is 19.9 Å². The van der Waals surface area contributed by atoms with Gasteiger partial charge < -0.3 is 4.90 Å². The molecule has 0 aliphatic carbocycles. The van der Waals surface area contributed by atoms with Crippen molar-refractivity contribution >= 4 is 28.4 Å². The van der Waals surface area contributed by atoms with Crippen LogP contribution in [-0.4, -0.2) is 38.0 Å². The molecule has 4 rings (SSSR count). The highest BCUT2D eigenvalue weighted by Gasteiger charge is 2.23. The fourth-order valence-electron chi connectivity index (χ4n) is 2.86. The molecule has 1 amide bonds. The predicted molar refractivity (Wildman–Crippen MR) is 94.2 cm³/mol. The van der Waals surface area contributed by atoms with Crippen LogP contribution < -0.4 is 5.69 Å². The van der Waals surface area contributed by atoms with Crippen LogP contribution in [0.1, 0.15) is 12.7 Å². The smallest absolute Gasteiger partial charge is 0.330 e. The Morgan fingerprint density at radius 2 is 2.21 bits per heavy atom. The molecule has 7 heteroatoms. The zero-order valence-corrected chi connectivity index (χ0v) is 14.4. The lowest BCUT2D eigenvalue weighted by molar-refractivity contribution is -0.135. The molecule has 3 aromatic rings. The van der Waals surface area contributed by atoms with E-state index in [4.69, 9.17) is 1.37 Å². The monoisotopic (exact) mass is 344 g/mol. The lowest BCUT2D eigenvalue weighted by Gasteiger charge is -2.30. The van der Waals surface area contributed by atoms with Gasteiger partial charge in [0.15, 0.2) is 5.65 Å². The van der Waals surface area contributed by atoms with Crippen LogP contribution in [0.4, 0.5) is 0 Å². The van der Waals surface area contributed by atoms with E-state index in [0.29, 0.717) is 16.7 Å². The maximum Gasteiger partial charge on any atom is 0.330 e. The first-order valence-electron chi connectivity index (χ1n) is 8.37. The number of thiophene rings is 1. The molecule has 3 aromatic heterocycles. The minimum Gasteiger partial charge on any atom is -0.341 e. The van der Waals surface area contributed by atoms with Crippen molar-refractivity contribution in [2.75, 3.05) is 13.1 Å². The second-order valence-electron chi connectivity index (χ2n) is 6.04. The van der Waals surface area contributed by atoms with Crippen molar-refractivity contribution in [1.82, 2.24) is 19.0 Å². The average Bonchev–Trinajstić information content (AvgIpc) is 3.04. The molecule has 0 N–H and O–H groups in total. The molecule has 0 unspecified atom stereocenters. The van der Waals surface area contributed by atoms with Gasteiger partial charge in [-0.2, -0.15) is 0 Å². The molecule has 0 spiro atoms. The van der Waals surface area contributed by atoms with Gasteiger partial charge in [-0.15, -0.1) is 11.3 Å². The molecular formula is C17H18N4O2S. The van der Waals surface area contributed by atoms with Gasteiger partial charge in [0.05, 0.1) is 6.89 Å². The molecule has 1 fully saturated rings. The number of rotatable bonds is 3. The third-order valence-electron chi connectivity index (χ3n) is 4.39. The minimum absolute atomic E-state index is 0.0450. The molecule has 24 heavy (non-hydrogen) atoms. The molecule has 0 aromatic carbocycles. The molecule has 6 nitrogen and oxygen atoms in total.